The van der Waals surface area contributed by atoms with Crippen LogP contribution in [-0.2, 0) is 6.54 Å². The van der Waals surface area contributed by atoms with E-state index in [0.717, 1.165) is 29.3 Å². The molecule has 0 saturated heterocycles. The van der Waals surface area contributed by atoms with E-state index in [2.05, 4.69) is 26.9 Å². The van der Waals surface area contributed by atoms with Crippen molar-refractivity contribution in [3.8, 4) is 5.13 Å². The first-order valence-electron chi connectivity index (χ1n) is 6.60. The monoisotopic (exact) mass is 260 g/mol. The third-order valence-electron chi connectivity index (χ3n) is 3.51. The largest absolute Gasteiger partial charge is 0.308 e. The summed E-state index contributed by atoms with van der Waals surface area (Å²) in [4.78, 5) is 9.11. The second-order valence-electron chi connectivity index (χ2n) is 5.26. The summed E-state index contributed by atoms with van der Waals surface area (Å²) in [7, 11) is 0. The van der Waals surface area contributed by atoms with E-state index in [4.69, 9.17) is 0 Å². The minimum absolute atomic E-state index is 0.731. The second kappa shape index (κ2) is 4.17. The van der Waals surface area contributed by atoms with Crippen LogP contribution in [0.25, 0.3) is 5.13 Å². The smallest absolute Gasteiger partial charge is 0.195 e. The molecule has 0 atom stereocenters. The molecule has 94 valence electrons. The number of aromatic nitrogens is 3. The standard InChI is InChI=1S/C13H16N4S/c1-2-9(1)12-7-18-13(16-12)17-6-11(15-8-17)5-14-10-3-4-10/h6-10,14H,1-5H2. The molecule has 2 aromatic rings. The van der Waals surface area contributed by atoms with Gasteiger partial charge in [-0.05, 0) is 25.7 Å². The zero-order valence-electron chi connectivity index (χ0n) is 10.2. The summed E-state index contributed by atoms with van der Waals surface area (Å²) in [6.45, 7) is 0.874. The maximum Gasteiger partial charge on any atom is 0.195 e. The fourth-order valence-electron chi connectivity index (χ4n) is 2.06. The number of nitrogens with zero attached hydrogens (tertiary/aromatic N) is 3. The molecule has 0 bridgehead atoms. The molecule has 2 aromatic heterocycles. The maximum atomic E-state index is 4.68. The Morgan fingerprint density at radius 1 is 1.33 bits per heavy atom. The average molecular weight is 260 g/mol. The lowest BCUT2D eigenvalue weighted by Crippen LogP contribution is -2.15. The van der Waals surface area contributed by atoms with E-state index in [1.165, 1.54) is 31.4 Å². The number of thiazole rings is 1. The Balaban J connectivity index is 1.48. The molecule has 1 N–H and O–H groups in total. The number of imidazole rings is 1. The van der Waals surface area contributed by atoms with Gasteiger partial charge in [-0.2, -0.15) is 0 Å². The fourth-order valence-corrected chi connectivity index (χ4v) is 2.91. The van der Waals surface area contributed by atoms with E-state index in [0.29, 0.717) is 0 Å². The Morgan fingerprint density at radius 3 is 3.00 bits per heavy atom. The van der Waals surface area contributed by atoms with Gasteiger partial charge in [-0.3, -0.25) is 4.57 Å². The van der Waals surface area contributed by atoms with E-state index in [-0.39, 0.29) is 0 Å². The maximum absolute atomic E-state index is 4.68. The molecule has 0 amide bonds. The van der Waals surface area contributed by atoms with Gasteiger partial charge in [0.1, 0.15) is 6.33 Å². The van der Waals surface area contributed by atoms with Gasteiger partial charge < -0.3 is 5.32 Å². The molecule has 2 saturated carbocycles. The minimum atomic E-state index is 0.731. The first-order chi connectivity index (χ1) is 8.88. The molecule has 0 radical (unpaired) electrons. The van der Waals surface area contributed by atoms with Crippen LogP contribution in [0, 0.1) is 0 Å². The number of hydrogen-bond acceptors (Lipinski definition) is 4. The normalized spacial score (nSPS) is 19.3. The van der Waals surface area contributed by atoms with Gasteiger partial charge in [0.2, 0.25) is 0 Å². The zero-order valence-corrected chi connectivity index (χ0v) is 11.0. The van der Waals surface area contributed by atoms with Crippen LogP contribution >= 0.6 is 11.3 Å². The number of rotatable bonds is 5. The summed E-state index contributed by atoms with van der Waals surface area (Å²) in [6, 6.07) is 0.733. The highest BCUT2D eigenvalue weighted by atomic mass is 32.1. The van der Waals surface area contributed by atoms with Crippen LogP contribution < -0.4 is 5.32 Å². The van der Waals surface area contributed by atoms with Crippen molar-refractivity contribution in [2.24, 2.45) is 0 Å². The molecule has 0 unspecified atom stereocenters. The van der Waals surface area contributed by atoms with Gasteiger partial charge in [0.05, 0.1) is 11.4 Å². The molecule has 4 rings (SSSR count). The Morgan fingerprint density at radius 2 is 2.22 bits per heavy atom. The van der Waals surface area contributed by atoms with Gasteiger partial charge in [-0.1, -0.05) is 0 Å². The lowest BCUT2D eigenvalue weighted by Gasteiger charge is -1.97. The van der Waals surface area contributed by atoms with Crippen molar-refractivity contribution in [3.05, 3.63) is 29.3 Å². The topological polar surface area (TPSA) is 42.7 Å². The van der Waals surface area contributed by atoms with E-state index in [1.807, 2.05) is 10.9 Å². The summed E-state index contributed by atoms with van der Waals surface area (Å²) in [5, 5.41) is 6.71. The van der Waals surface area contributed by atoms with E-state index >= 15 is 0 Å². The van der Waals surface area contributed by atoms with E-state index in [1.54, 1.807) is 11.3 Å². The molecule has 5 heteroatoms. The summed E-state index contributed by atoms with van der Waals surface area (Å²) >= 11 is 1.71. The highest BCUT2D eigenvalue weighted by molar-refractivity contribution is 7.12. The van der Waals surface area contributed by atoms with Crippen molar-refractivity contribution in [1.29, 1.82) is 0 Å². The average Bonchev–Trinajstić information content (AvgIpc) is 3.30. The SMILES string of the molecule is c1sc(-n2cnc(CNC3CC3)c2)nc1C1CC1. The number of nitrogens with one attached hydrogen (secondary N) is 1. The van der Waals surface area contributed by atoms with Crippen LogP contribution in [0.1, 0.15) is 43.0 Å². The van der Waals surface area contributed by atoms with Crippen molar-refractivity contribution < 1.29 is 0 Å². The molecule has 2 aliphatic rings. The third kappa shape index (κ3) is 2.20. The van der Waals surface area contributed by atoms with Crippen LogP contribution in [0.4, 0.5) is 0 Å². The van der Waals surface area contributed by atoms with Gasteiger partial charge >= 0.3 is 0 Å². The molecule has 2 aliphatic carbocycles. The summed E-state index contributed by atoms with van der Waals surface area (Å²) < 4.78 is 2.04. The van der Waals surface area contributed by atoms with Gasteiger partial charge in [-0.15, -0.1) is 11.3 Å². The summed E-state index contributed by atoms with van der Waals surface area (Å²) in [5.41, 5.74) is 2.37. The van der Waals surface area contributed by atoms with Crippen molar-refractivity contribution in [3.63, 3.8) is 0 Å². The first kappa shape index (κ1) is 10.7. The van der Waals surface area contributed by atoms with Crippen molar-refractivity contribution in [2.75, 3.05) is 0 Å². The highest BCUT2D eigenvalue weighted by Gasteiger charge is 2.26. The summed E-state index contributed by atoms with van der Waals surface area (Å²) in [6.07, 6.45) is 9.22. The predicted molar refractivity (Wildman–Crippen MR) is 71.1 cm³/mol. The molecule has 0 aliphatic heterocycles. The van der Waals surface area contributed by atoms with Crippen molar-refractivity contribution >= 4 is 11.3 Å². The minimum Gasteiger partial charge on any atom is -0.308 e. The molecule has 2 heterocycles. The van der Waals surface area contributed by atoms with Gasteiger partial charge in [0.15, 0.2) is 5.13 Å². The zero-order chi connectivity index (χ0) is 11.9. The Labute approximate surface area is 110 Å². The lowest BCUT2D eigenvalue weighted by molar-refractivity contribution is 0.677. The number of hydrogen-bond donors (Lipinski definition) is 1. The second-order valence-corrected chi connectivity index (χ2v) is 6.09. The molecule has 4 nitrogen and oxygen atoms in total. The highest BCUT2D eigenvalue weighted by Crippen LogP contribution is 2.40. The lowest BCUT2D eigenvalue weighted by atomic mass is 10.3. The molecule has 2 fully saturated rings. The fraction of sp³-hybridized carbons (Fsp3) is 0.538. The first-order valence-corrected chi connectivity index (χ1v) is 7.48. The van der Waals surface area contributed by atoms with E-state index in [9.17, 15) is 0 Å². The van der Waals surface area contributed by atoms with Crippen LogP contribution in [0.15, 0.2) is 17.9 Å². The van der Waals surface area contributed by atoms with E-state index < -0.39 is 0 Å². The molecule has 0 spiro atoms. The van der Waals surface area contributed by atoms with Crippen LogP contribution in [0.5, 0.6) is 0 Å². The molecular weight excluding hydrogens is 244 g/mol. The van der Waals surface area contributed by atoms with Crippen molar-refractivity contribution in [1.82, 2.24) is 19.9 Å². The Kier molecular flexibility index (Phi) is 2.48. The molecular formula is C13H16N4S. The predicted octanol–water partition coefficient (Wildman–Crippen LogP) is 2.46. The Hall–Kier alpha value is -1.20. The van der Waals surface area contributed by atoms with Crippen LogP contribution in [0.3, 0.4) is 0 Å². The van der Waals surface area contributed by atoms with Crippen LogP contribution in [0.2, 0.25) is 0 Å². The third-order valence-corrected chi connectivity index (χ3v) is 4.38. The molecule has 0 aromatic carbocycles. The molecule has 18 heavy (non-hydrogen) atoms. The van der Waals surface area contributed by atoms with Gasteiger partial charge in [0.25, 0.3) is 0 Å². The summed E-state index contributed by atoms with van der Waals surface area (Å²) in [5.74, 6) is 0.731. The van der Waals surface area contributed by atoms with Gasteiger partial charge in [-0.25, -0.2) is 9.97 Å². The van der Waals surface area contributed by atoms with Crippen LogP contribution in [-0.4, -0.2) is 20.6 Å². The Bertz CT molecular complexity index is 551. The quantitative estimate of drug-likeness (QED) is 0.898. The van der Waals surface area contributed by atoms with Crippen molar-refractivity contribution in [2.45, 2.75) is 44.2 Å². The van der Waals surface area contributed by atoms with Gasteiger partial charge in [0, 0.05) is 30.1 Å².